The van der Waals surface area contributed by atoms with Crippen molar-refractivity contribution in [3.63, 3.8) is 0 Å². The highest BCUT2D eigenvalue weighted by Gasteiger charge is 2.46. The van der Waals surface area contributed by atoms with Gasteiger partial charge in [-0.3, -0.25) is 4.79 Å². The molecule has 1 saturated carbocycles. The van der Waals surface area contributed by atoms with Crippen LogP contribution < -0.4 is 5.32 Å². The van der Waals surface area contributed by atoms with Crippen molar-refractivity contribution in [1.82, 2.24) is 5.32 Å². The third kappa shape index (κ3) is 4.10. The number of ether oxygens (including phenoxy) is 2. The average molecular weight is 287 g/mol. The van der Waals surface area contributed by atoms with Crippen LogP contribution in [0.4, 0.5) is 4.79 Å². The lowest BCUT2D eigenvalue weighted by Crippen LogP contribution is -2.51. The van der Waals surface area contributed by atoms with E-state index in [0.29, 0.717) is 19.3 Å². The highest BCUT2D eigenvalue weighted by atomic mass is 16.6. The quantitative estimate of drug-likeness (QED) is 0.831. The molecule has 0 heterocycles. The predicted molar refractivity (Wildman–Crippen MR) is 73.5 cm³/mol. The highest BCUT2D eigenvalue weighted by molar-refractivity contribution is 5.75. The molecule has 1 fully saturated rings. The Balaban J connectivity index is 2.61. The van der Waals surface area contributed by atoms with E-state index in [2.05, 4.69) is 5.32 Å². The molecule has 6 nitrogen and oxygen atoms in total. The lowest BCUT2D eigenvalue weighted by atomic mass is 9.71. The number of carboxylic acids is 1. The van der Waals surface area contributed by atoms with Gasteiger partial charge < -0.3 is 19.9 Å². The van der Waals surface area contributed by atoms with E-state index < -0.39 is 29.2 Å². The van der Waals surface area contributed by atoms with Gasteiger partial charge in [0, 0.05) is 13.2 Å². The number of rotatable bonds is 3. The second kappa shape index (κ2) is 5.99. The normalized spacial score (nSPS) is 30.6. The first kappa shape index (κ1) is 16.8. The molecule has 0 unspecified atom stereocenters. The summed E-state index contributed by atoms with van der Waals surface area (Å²) in [4.78, 5) is 23.1. The Labute approximate surface area is 119 Å². The molecule has 0 aromatic heterocycles. The zero-order chi connectivity index (χ0) is 15.6. The molecule has 1 rings (SSSR count). The standard InChI is InChI=1S/C14H25NO5/c1-13(2,3)20-12(18)15-9-6-7-14(4,11(16)17)10(8-9)19-5/h9-10H,6-8H2,1-5H3,(H,15,18)(H,16,17)/t9-,10+,14-/m0/s1. The number of alkyl carbamates (subject to hydrolysis) is 1. The molecule has 0 saturated heterocycles. The van der Waals surface area contributed by atoms with Gasteiger partial charge in [0.05, 0.1) is 11.5 Å². The number of carboxylic acid groups (broad SMARTS) is 1. The second-order valence-corrected chi connectivity index (χ2v) is 6.56. The predicted octanol–water partition coefficient (Wildman–Crippen LogP) is 2.17. The van der Waals surface area contributed by atoms with Gasteiger partial charge in [-0.1, -0.05) is 0 Å². The number of nitrogens with one attached hydrogen (secondary N) is 1. The first-order valence-corrected chi connectivity index (χ1v) is 6.84. The Morgan fingerprint density at radius 1 is 1.35 bits per heavy atom. The Kier molecular flexibility index (Phi) is 5.02. The summed E-state index contributed by atoms with van der Waals surface area (Å²) in [5.74, 6) is -0.861. The zero-order valence-corrected chi connectivity index (χ0v) is 12.9. The van der Waals surface area contributed by atoms with Crippen molar-refractivity contribution in [3.8, 4) is 0 Å². The summed E-state index contributed by atoms with van der Waals surface area (Å²) in [5, 5.41) is 12.1. The van der Waals surface area contributed by atoms with Gasteiger partial charge in [-0.2, -0.15) is 0 Å². The third-order valence-corrected chi connectivity index (χ3v) is 3.72. The van der Waals surface area contributed by atoms with Crippen LogP contribution in [0.25, 0.3) is 0 Å². The van der Waals surface area contributed by atoms with Crippen LogP contribution in [0.15, 0.2) is 0 Å². The fourth-order valence-electron chi connectivity index (χ4n) is 2.48. The number of carbonyl (C=O) groups excluding carboxylic acids is 1. The van der Waals surface area contributed by atoms with Gasteiger partial charge in [0.2, 0.25) is 0 Å². The van der Waals surface area contributed by atoms with Crippen LogP contribution in [0, 0.1) is 5.41 Å². The molecule has 116 valence electrons. The maximum atomic E-state index is 11.7. The van der Waals surface area contributed by atoms with Gasteiger partial charge in [-0.05, 0) is 47.0 Å². The van der Waals surface area contributed by atoms with Crippen LogP contribution in [0.1, 0.15) is 47.0 Å². The summed E-state index contributed by atoms with van der Waals surface area (Å²) >= 11 is 0. The average Bonchev–Trinajstić information content (AvgIpc) is 2.29. The van der Waals surface area contributed by atoms with Gasteiger partial charge in [0.1, 0.15) is 5.60 Å². The highest BCUT2D eigenvalue weighted by Crippen LogP contribution is 2.38. The van der Waals surface area contributed by atoms with Crippen LogP contribution in [0.2, 0.25) is 0 Å². The monoisotopic (exact) mass is 287 g/mol. The maximum absolute atomic E-state index is 11.7. The fraction of sp³-hybridized carbons (Fsp3) is 0.857. The minimum Gasteiger partial charge on any atom is -0.481 e. The minimum atomic E-state index is -0.902. The summed E-state index contributed by atoms with van der Waals surface area (Å²) < 4.78 is 10.5. The van der Waals surface area contributed by atoms with E-state index in [1.54, 1.807) is 27.7 Å². The second-order valence-electron chi connectivity index (χ2n) is 6.56. The molecular weight excluding hydrogens is 262 g/mol. The van der Waals surface area contributed by atoms with Crippen molar-refractivity contribution in [1.29, 1.82) is 0 Å². The maximum Gasteiger partial charge on any atom is 0.407 e. The minimum absolute atomic E-state index is 0.123. The van der Waals surface area contributed by atoms with E-state index in [1.165, 1.54) is 7.11 Å². The molecule has 0 radical (unpaired) electrons. The number of amides is 1. The molecule has 0 bridgehead atoms. The molecule has 3 atom stereocenters. The van der Waals surface area contributed by atoms with Gasteiger partial charge >= 0.3 is 12.1 Å². The van der Waals surface area contributed by atoms with Crippen molar-refractivity contribution in [2.24, 2.45) is 5.41 Å². The lowest BCUT2D eigenvalue weighted by Gasteiger charge is -2.40. The summed E-state index contributed by atoms with van der Waals surface area (Å²) in [7, 11) is 1.50. The van der Waals surface area contributed by atoms with Crippen LogP contribution in [-0.4, -0.2) is 42.0 Å². The lowest BCUT2D eigenvalue weighted by molar-refractivity contribution is -0.161. The van der Waals surface area contributed by atoms with E-state index in [-0.39, 0.29) is 6.04 Å². The molecule has 1 amide bonds. The summed E-state index contributed by atoms with van der Waals surface area (Å²) in [6.45, 7) is 7.08. The molecule has 0 aliphatic heterocycles. The van der Waals surface area contributed by atoms with E-state index in [1.807, 2.05) is 0 Å². The van der Waals surface area contributed by atoms with E-state index in [4.69, 9.17) is 9.47 Å². The van der Waals surface area contributed by atoms with Gasteiger partial charge in [0.25, 0.3) is 0 Å². The Bertz CT molecular complexity index is 376. The summed E-state index contributed by atoms with van der Waals surface area (Å²) in [6.07, 6.45) is 0.631. The molecule has 0 aromatic rings. The van der Waals surface area contributed by atoms with Crippen molar-refractivity contribution >= 4 is 12.1 Å². The van der Waals surface area contributed by atoms with Crippen molar-refractivity contribution in [3.05, 3.63) is 0 Å². The Hall–Kier alpha value is -1.30. The van der Waals surface area contributed by atoms with E-state index >= 15 is 0 Å². The largest absolute Gasteiger partial charge is 0.481 e. The zero-order valence-electron chi connectivity index (χ0n) is 12.9. The Morgan fingerprint density at radius 2 is 1.95 bits per heavy atom. The Morgan fingerprint density at radius 3 is 2.40 bits per heavy atom. The van der Waals surface area contributed by atoms with Crippen LogP contribution in [-0.2, 0) is 14.3 Å². The smallest absolute Gasteiger partial charge is 0.407 e. The van der Waals surface area contributed by atoms with E-state index in [9.17, 15) is 14.7 Å². The van der Waals surface area contributed by atoms with Crippen molar-refractivity contribution < 1.29 is 24.2 Å². The van der Waals surface area contributed by atoms with Gasteiger partial charge in [-0.25, -0.2) is 4.79 Å². The molecule has 6 heteroatoms. The van der Waals surface area contributed by atoms with Gasteiger partial charge in [-0.15, -0.1) is 0 Å². The number of hydrogen-bond acceptors (Lipinski definition) is 4. The number of hydrogen-bond donors (Lipinski definition) is 2. The summed E-state index contributed by atoms with van der Waals surface area (Å²) in [5.41, 5.74) is -1.45. The van der Waals surface area contributed by atoms with Crippen LogP contribution in [0.3, 0.4) is 0 Å². The fourth-order valence-corrected chi connectivity index (χ4v) is 2.48. The van der Waals surface area contributed by atoms with Gasteiger partial charge in [0.15, 0.2) is 0 Å². The summed E-state index contributed by atoms with van der Waals surface area (Å²) in [6, 6.07) is -0.123. The van der Waals surface area contributed by atoms with Crippen LogP contribution in [0.5, 0.6) is 0 Å². The topological polar surface area (TPSA) is 84.9 Å². The molecule has 2 N–H and O–H groups in total. The SMILES string of the molecule is CO[C@@H]1C[C@@H](NC(=O)OC(C)(C)C)CC[C@]1(C)C(=O)O. The molecule has 0 spiro atoms. The molecule has 1 aliphatic rings. The number of aliphatic carboxylic acids is 1. The number of carbonyl (C=O) groups is 2. The third-order valence-electron chi connectivity index (χ3n) is 3.72. The first-order valence-electron chi connectivity index (χ1n) is 6.84. The van der Waals surface area contributed by atoms with E-state index in [0.717, 1.165) is 0 Å². The van der Waals surface area contributed by atoms with Crippen molar-refractivity contribution in [2.45, 2.75) is 64.7 Å². The molecule has 1 aliphatic carbocycles. The molecular formula is C14H25NO5. The van der Waals surface area contributed by atoms with Crippen molar-refractivity contribution in [2.75, 3.05) is 7.11 Å². The van der Waals surface area contributed by atoms with Crippen LogP contribution >= 0.6 is 0 Å². The first-order chi connectivity index (χ1) is 9.08. The molecule has 20 heavy (non-hydrogen) atoms. The number of methoxy groups -OCH3 is 1. The molecule has 0 aromatic carbocycles.